The maximum absolute atomic E-state index is 6.19. The van der Waals surface area contributed by atoms with Crippen LogP contribution in [-0.2, 0) is 11.3 Å². The van der Waals surface area contributed by atoms with E-state index in [1.54, 1.807) is 24.6 Å². The Morgan fingerprint density at radius 3 is 2.67 bits per heavy atom. The first kappa shape index (κ1) is 22.3. The third-order valence-corrected chi connectivity index (χ3v) is 7.65. The third-order valence-electron chi connectivity index (χ3n) is 6.51. The molecule has 10 heteroatoms. The minimum Gasteiger partial charge on any atom is -0.480 e. The van der Waals surface area contributed by atoms with Crippen molar-refractivity contribution in [2.75, 3.05) is 71.2 Å². The van der Waals surface area contributed by atoms with Crippen molar-refractivity contribution < 1.29 is 9.47 Å². The fraction of sp³-hybridized carbons (Fsp3) is 0.522. The Morgan fingerprint density at radius 1 is 1.24 bits per heavy atom. The number of hydrogen-bond donors (Lipinski definition) is 1. The van der Waals surface area contributed by atoms with E-state index in [1.807, 2.05) is 6.07 Å². The number of morpholine rings is 1. The zero-order chi connectivity index (χ0) is 23.1. The van der Waals surface area contributed by atoms with Crippen LogP contribution in [-0.4, -0.2) is 91.4 Å². The second-order valence-corrected chi connectivity index (χ2v) is 10.1. The van der Waals surface area contributed by atoms with Crippen LogP contribution >= 0.6 is 11.3 Å². The summed E-state index contributed by atoms with van der Waals surface area (Å²) in [5.41, 5.74) is 10.8. The first-order valence-electron chi connectivity index (χ1n) is 11.3. The molecule has 0 unspecified atom stereocenters. The molecule has 3 aromatic heterocycles. The molecule has 2 N–H and O–H groups in total. The van der Waals surface area contributed by atoms with Crippen molar-refractivity contribution >= 4 is 33.2 Å². The highest BCUT2D eigenvalue weighted by atomic mass is 32.1. The largest absolute Gasteiger partial charge is 0.480 e. The van der Waals surface area contributed by atoms with Gasteiger partial charge in [-0.2, -0.15) is 0 Å². The highest BCUT2D eigenvalue weighted by Crippen LogP contribution is 2.39. The van der Waals surface area contributed by atoms with Gasteiger partial charge < -0.3 is 25.0 Å². The number of methoxy groups -OCH3 is 1. The fourth-order valence-electron chi connectivity index (χ4n) is 4.40. The number of fused-ring (bicyclic) bond motifs is 1. The van der Waals surface area contributed by atoms with E-state index in [0.717, 1.165) is 60.1 Å². The van der Waals surface area contributed by atoms with Gasteiger partial charge in [0, 0.05) is 61.0 Å². The van der Waals surface area contributed by atoms with E-state index in [1.165, 1.54) is 10.4 Å². The number of rotatable bonds is 6. The molecule has 2 saturated heterocycles. The topological polar surface area (TPSA) is 92.9 Å². The average Bonchev–Trinajstić information content (AvgIpc) is 3.10. The van der Waals surface area contributed by atoms with E-state index < -0.39 is 0 Å². The zero-order valence-electron chi connectivity index (χ0n) is 19.7. The predicted molar refractivity (Wildman–Crippen MR) is 132 cm³/mol. The van der Waals surface area contributed by atoms with Gasteiger partial charge in [-0.25, -0.2) is 15.0 Å². The van der Waals surface area contributed by atoms with E-state index in [0.29, 0.717) is 30.8 Å². The first-order chi connectivity index (χ1) is 15.9. The highest BCUT2D eigenvalue weighted by molar-refractivity contribution is 7.19. The van der Waals surface area contributed by atoms with Gasteiger partial charge in [0.25, 0.3) is 0 Å². The lowest BCUT2D eigenvalue weighted by Crippen LogP contribution is -2.56. The maximum Gasteiger partial charge on any atom is 0.236 e. The van der Waals surface area contributed by atoms with Gasteiger partial charge in [0.05, 0.1) is 41.9 Å². The number of anilines is 2. The number of ether oxygens (including phenoxy) is 2. The van der Waals surface area contributed by atoms with Crippen LogP contribution in [0.2, 0.25) is 0 Å². The van der Waals surface area contributed by atoms with Gasteiger partial charge in [-0.15, -0.1) is 11.3 Å². The van der Waals surface area contributed by atoms with Crippen LogP contribution in [0.4, 0.5) is 11.6 Å². The van der Waals surface area contributed by atoms with Crippen LogP contribution in [0.3, 0.4) is 0 Å². The molecule has 0 aromatic carbocycles. The Labute approximate surface area is 198 Å². The lowest BCUT2D eigenvalue weighted by Gasteiger charge is -2.42. The predicted octanol–water partition coefficient (Wildman–Crippen LogP) is 2.23. The van der Waals surface area contributed by atoms with Crippen LogP contribution in [0.1, 0.15) is 10.4 Å². The number of pyridine rings is 1. The number of likely N-dealkylation sites (N-methyl/N-ethyl adjacent to an activating group) is 1. The summed E-state index contributed by atoms with van der Waals surface area (Å²) < 4.78 is 11.9. The number of aryl methyl sites for hydroxylation is 1. The molecule has 33 heavy (non-hydrogen) atoms. The SMILES string of the molecule is COc1ncc(-c2nc(N3CCOCC3)nc3c(CN4CC(N(C)C)C4)c(C)sc23)cc1N. The Hall–Kier alpha value is -2.53. The molecule has 0 radical (unpaired) electrons. The van der Waals surface area contributed by atoms with Crippen LogP contribution in [0.15, 0.2) is 12.3 Å². The Kier molecular flexibility index (Phi) is 6.09. The molecule has 0 amide bonds. The molecule has 0 bridgehead atoms. The molecule has 0 atom stereocenters. The second-order valence-electron chi connectivity index (χ2n) is 8.92. The van der Waals surface area contributed by atoms with Gasteiger partial charge in [0.1, 0.15) is 0 Å². The first-order valence-corrected chi connectivity index (χ1v) is 12.1. The monoisotopic (exact) mass is 469 g/mol. The number of nitrogens with two attached hydrogens (primary N) is 1. The van der Waals surface area contributed by atoms with Crippen molar-refractivity contribution in [1.29, 1.82) is 0 Å². The van der Waals surface area contributed by atoms with Gasteiger partial charge >= 0.3 is 0 Å². The molecule has 5 heterocycles. The van der Waals surface area contributed by atoms with Crippen LogP contribution in [0.5, 0.6) is 5.88 Å². The van der Waals surface area contributed by atoms with Crippen LogP contribution in [0, 0.1) is 6.92 Å². The third kappa shape index (κ3) is 4.23. The van der Waals surface area contributed by atoms with Crippen LogP contribution in [0.25, 0.3) is 21.5 Å². The number of thiophene rings is 1. The van der Waals surface area contributed by atoms with Gasteiger partial charge in [-0.05, 0) is 27.1 Å². The molecule has 0 spiro atoms. The van der Waals surface area contributed by atoms with Gasteiger partial charge in [0.2, 0.25) is 11.8 Å². The van der Waals surface area contributed by atoms with E-state index >= 15 is 0 Å². The van der Waals surface area contributed by atoms with E-state index in [-0.39, 0.29) is 0 Å². The summed E-state index contributed by atoms with van der Waals surface area (Å²) >= 11 is 1.75. The Bertz CT molecular complexity index is 1150. The smallest absolute Gasteiger partial charge is 0.236 e. The second kappa shape index (κ2) is 9.02. The molecule has 2 aliphatic rings. The molecule has 176 valence electrons. The summed E-state index contributed by atoms with van der Waals surface area (Å²) in [5.74, 6) is 1.16. The van der Waals surface area contributed by atoms with Gasteiger partial charge in [-0.3, -0.25) is 4.90 Å². The summed E-state index contributed by atoms with van der Waals surface area (Å²) in [6, 6.07) is 2.51. The molecule has 9 nitrogen and oxygen atoms in total. The minimum atomic E-state index is 0.425. The van der Waals surface area contributed by atoms with Crippen molar-refractivity contribution in [2.24, 2.45) is 0 Å². The summed E-state index contributed by atoms with van der Waals surface area (Å²) in [4.78, 5) is 22.8. The maximum atomic E-state index is 6.19. The van der Waals surface area contributed by atoms with Crippen molar-refractivity contribution in [3.63, 3.8) is 0 Å². The molecule has 5 rings (SSSR count). The summed E-state index contributed by atoms with van der Waals surface area (Å²) in [6.45, 7) is 8.17. The van der Waals surface area contributed by atoms with Gasteiger partial charge in [0.15, 0.2) is 0 Å². The molecule has 2 fully saturated rings. The van der Waals surface area contributed by atoms with Crippen molar-refractivity contribution in [3.8, 4) is 17.1 Å². The lowest BCUT2D eigenvalue weighted by molar-refractivity contribution is 0.0576. The molecular weight excluding hydrogens is 438 g/mol. The summed E-state index contributed by atoms with van der Waals surface area (Å²) in [7, 11) is 5.87. The number of nitrogens with zero attached hydrogens (tertiary/aromatic N) is 6. The Morgan fingerprint density at radius 2 is 2.00 bits per heavy atom. The molecule has 2 aliphatic heterocycles. The standard InChI is InChI=1S/C23H31N7O2S/c1-14-17(13-29-11-16(12-29)28(2)3)20-21(33-14)19(15-9-18(24)22(31-4)25-10-15)26-23(27-20)30-5-7-32-8-6-30/h9-10,16H,5-8,11-13,24H2,1-4H3. The molecular formula is C23H31N7O2S. The van der Waals surface area contributed by atoms with Gasteiger partial charge in [-0.1, -0.05) is 0 Å². The highest BCUT2D eigenvalue weighted by Gasteiger charge is 2.30. The van der Waals surface area contributed by atoms with Crippen molar-refractivity contribution in [2.45, 2.75) is 19.5 Å². The average molecular weight is 470 g/mol. The number of likely N-dealkylation sites (tertiary alicyclic amines) is 1. The zero-order valence-corrected chi connectivity index (χ0v) is 20.5. The molecule has 0 saturated carbocycles. The number of nitrogen functional groups attached to an aromatic ring is 1. The van der Waals surface area contributed by atoms with E-state index in [9.17, 15) is 0 Å². The fourth-order valence-corrected chi connectivity index (χ4v) is 5.52. The summed E-state index contributed by atoms with van der Waals surface area (Å²) in [6.07, 6.45) is 1.78. The molecule has 3 aromatic rings. The van der Waals surface area contributed by atoms with Crippen LogP contribution < -0.4 is 15.4 Å². The Balaban J connectivity index is 1.59. The van der Waals surface area contributed by atoms with E-state index in [2.05, 4.69) is 40.7 Å². The van der Waals surface area contributed by atoms with Crippen molar-refractivity contribution in [3.05, 3.63) is 22.7 Å². The lowest BCUT2D eigenvalue weighted by atomic mass is 10.1. The molecule has 0 aliphatic carbocycles. The summed E-state index contributed by atoms with van der Waals surface area (Å²) in [5, 5.41) is 0. The number of aromatic nitrogens is 3. The normalized spacial score (nSPS) is 17.7. The quantitative estimate of drug-likeness (QED) is 0.583. The van der Waals surface area contributed by atoms with Crippen molar-refractivity contribution in [1.82, 2.24) is 24.8 Å². The van der Waals surface area contributed by atoms with E-state index in [4.69, 9.17) is 25.2 Å². The number of hydrogen-bond acceptors (Lipinski definition) is 10. The minimum absolute atomic E-state index is 0.425.